The highest BCUT2D eigenvalue weighted by Crippen LogP contribution is 2.24. The van der Waals surface area contributed by atoms with Gasteiger partial charge < -0.3 is 25.0 Å². The summed E-state index contributed by atoms with van der Waals surface area (Å²) in [6.07, 6.45) is 2.14. The fourth-order valence-corrected chi connectivity index (χ4v) is 3.63. The Morgan fingerprint density at radius 2 is 2.31 bits per heavy atom. The van der Waals surface area contributed by atoms with Crippen molar-refractivity contribution in [1.82, 2.24) is 5.32 Å². The van der Waals surface area contributed by atoms with Gasteiger partial charge in [-0.1, -0.05) is 18.5 Å². The molecule has 10 heteroatoms. The molecule has 9 nitrogen and oxygen atoms in total. The first-order chi connectivity index (χ1) is 14.0. The Kier molecular flexibility index (Phi) is 9.20. The van der Waals surface area contributed by atoms with Crippen molar-refractivity contribution in [2.24, 2.45) is 15.9 Å². The molecule has 0 bridgehead atoms. The lowest BCUT2D eigenvalue weighted by molar-refractivity contribution is -0.122. The first-order valence-corrected chi connectivity index (χ1v) is 10.5. The minimum absolute atomic E-state index is 0.228. The molecule has 1 amide bonds. The van der Waals surface area contributed by atoms with Crippen molar-refractivity contribution < 1.29 is 18.8 Å². The smallest absolute Gasteiger partial charge is 0.339 e. The van der Waals surface area contributed by atoms with E-state index in [0.29, 0.717) is 47.6 Å². The Morgan fingerprint density at radius 3 is 3.00 bits per heavy atom. The first kappa shape index (κ1) is 23.0. The number of oxime groups is 1. The van der Waals surface area contributed by atoms with Gasteiger partial charge in [0.1, 0.15) is 34.9 Å². The molecule has 1 unspecified atom stereocenters. The fourth-order valence-electron chi connectivity index (χ4n) is 2.64. The summed E-state index contributed by atoms with van der Waals surface area (Å²) < 4.78 is 10.4. The van der Waals surface area contributed by atoms with Crippen LogP contribution < -0.4 is 21.4 Å². The largest absolute Gasteiger partial charge is 0.496 e. The number of rotatable bonds is 11. The van der Waals surface area contributed by atoms with Crippen LogP contribution in [0.3, 0.4) is 0 Å². The van der Waals surface area contributed by atoms with Crippen LogP contribution in [0, 0.1) is 0 Å². The molecule has 1 aliphatic heterocycles. The third kappa shape index (κ3) is 6.90. The third-order valence-corrected chi connectivity index (χ3v) is 5.30. The van der Waals surface area contributed by atoms with E-state index in [1.54, 1.807) is 13.0 Å². The van der Waals surface area contributed by atoms with E-state index in [2.05, 4.69) is 15.5 Å². The van der Waals surface area contributed by atoms with Gasteiger partial charge in [-0.05, 0) is 26.3 Å². The zero-order valence-corrected chi connectivity index (χ0v) is 17.8. The minimum Gasteiger partial charge on any atom is -0.496 e. The maximum Gasteiger partial charge on any atom is 0.339 e. The van der Waals surface area contributed by atoms with Crippen molar-refractivity contribution in [2.75, 3.05) is 26.0 Å². The summed E-state index contributed by atoms with van der Waals surface area (Å²) in [4.78, 5) is 34.1. The molecule has 0 saturated heterocycles. The van der Waals surface area contributed by atoms with E-state index < -0.39 is 17.7 Å². The van der Waals surface area contributed by atoms with E-state index in [9.17, 15) is 9.59 Å². The Balaban J connectivity index is 2.06. The van der Waals surface area contributed by atoms with Crippen LogP contribution in [0.2, 0.25) is 0 Å². The summed E-state index contributed by atoms with van der Waals surface area (Å²) in [7, 11) is 1.47. The van der Waals surface area contributed by atoms with E-state index in [1.165, 1.54) is 24.9 Å². The molecule has 0 spiro atoms. The van der Waals surface area contributed by atoms with Crippen LogP contribution in [0.1, 0.15) is 44.9 Å². The lowest BCUT2D eigenvalue weighted by atomic mass is 10.1. The topological polar surface area (TPSA) is 129 Å². The highest BCUT2D eigenvalue weighted by Gasteiger charge is 2.29. The standard InChI is InChI=1S/C19H28N4O5S/c1-4-6-14(16-9-13(26-3)10-17(24)28-16)21-18(25)15-11-29-19(22-15)12(2)23-27-8-5-7-20/h9-10,14-15H,4-8,11,20H2,1-3H3,(H,21,25)/b23-12+/t14-,15?/m1/s1. The summed E-state index contributed by atoms with van der Waals surface area (Å²) in [5.41, 5.74) is 5.53. The number of amides is 1. The van der Waals surface area contributed by atoms with E-state index in [4.69, 9.17) is 19.7 Å². The Morgan fingerprint density at radius 1 is 1.52 bits per heavy atom. The maximum absolute atomic E-state index is 12.7. The predicted octanol–water partition coefficient (Wildman–Crippen LogP) is 1.86. The molecule has 1 aromatic rings. The molecule has 0 aromatic carbocycles. The fraction of sp³-hybridized carbons (Fsp3) is 0.579. The molecular formula is C19H28N4O5S. The van der Waals surface area contributed by atoms with Gasteiger partial charge in [0.15, 0.2) is 0 Å². The van der Waals surface area contributed by atoms with Gasteiger partial charge in [0.25, 0.3) is 0 Å². The number of nitrogens with one attached hydrogen (secondary N) is 1. The number of methoxy groups -OCH3 is 1. The van der Waals surface area contributed by atoms with Gasteiger partial charge in [0.05, 0.1) is 19.2 Å². The van der Waals surface area contributed by atoms with Crippen molar-refractivity contribution >= 4 is 28.4 Å². The van der Waals surface area contributed by atoms with Crippen LogP contribution >= 0.6 is 11.8 Å². The molecule has 0 saturated carbocycles. The SMILES string of the molecule is CCC[C@@H](NC(=O)C1CSC(/C(C)=N/OCCCN)=N1)c1cc(OC)cc(=O)o1. The van der Waals surface area contributed by atoms with Gasteiger partial charge in [-0.15, -0.1) is 11.8 Å². The van der Waals surface area contributed by atoms with Crippen molar-refractivity contribution in [3.63, 3.8) is 0 Å². The summed E-state index contributed by atoms with van der Waals surface area (Å²) in [5.74, 6) is 1.04. The average Bonchev–Trinajstić information content (AvgIpc) is 3.20. The zero-order valence-electron chi connectivity index (χ0n) is 17.0. The summed E-state index contributed by atoms with van der Waals surface area (Å²) in [6, 6.07) is 1.90. The highest BCUT2D eigenvalue weighted by atomic mass is 32.2. The molecule has 2 atom stereocenters. The number of nitrogens with two attached hydrogens (primary N) is 1. The van der Waals surface area contributed by atoms with E-state index in [1.807, 2.05) is 6.92 Å². The van der Waals surface area contributed by atoms with Crippen molar-refractivity contribution in [1.29, 1.82) is 0 Å². The van der Waals surface area contributed by atoms with Gasteiger partial charge >= 0.3 is 5.63 Å². The molecule has 29 heavy (non-hydrogen) atoms. The molecule has 2 heterocycles. The number of nitrogens with zero attached hydrogens (tertiary/aromatic N) is 2. The van der Waals surface area contributed by atoms with Gasteiger partial charge in [-0.3, -0.25) is 9.79 Å². The Hall–Kier alpha value is -2.33. The summed E-state index contributed by atoms with van der Waals surface area (Å²) >= 11 is 1.46. The molecule has 160 valence electrons. The molecule has 0 fully saturated rings. The van der Waals surface area contributed by atoms with E-state index >= 15 is 0 Å². The summed E-state index contributed by atoms with van der Waals surface area (Å²) in [6.45, 7) is 4.77. The number of hydrogen-bond donors (Lipinski definition) is 2. The number of hydrogen-bond acceptors (Lipinski definition) is 9. The molecule has 2 rings (SSSR count). The highest BCUT2D eigenvalue weighted by molar-refractivity contribution is 8.16. The normalized spacial score (nSPS) is 17.6. The molecular weight excluding hydrogens is 396 g/mol. The number of carbonyl (C=O) groups excluding carboxylic acids is 1. The second-order valence-corrected chi connectivity index (χ2v) is 7.49. The number of aliphatic imine (C=N–C) groups is 1. The molecule has 3 N–H and O–H groups in total. The third-order valence-electron chi connectivity index (χ3n) is 4.14. The Bertz CT molecular complexity index is 808. The van der Waals surface area contributed by atoms with Crippen molar-refractivity contribution in [3.05, 3.63) is 28.3 Å². The number of ether oxygens (including phenoxy) is 1. The monoisotopic (exact) mass is 424 g/mol. The quantitative estimate of drug-likeness (QED) is 0.315. The maximum atomic E-state index is 12.7. The van der Waals surface area contributed by atoms with Gasteiger partial charge in [-0.2, -0.15) is 0 Å². The lowest BCUT2D eigenvalue weighted by Gasteiger charge is -2.18. The molecule has 1 aliphatic rings. The number of thioether (sulfide) groups is 1. The van der Waals surface area contributed by atoms with Crippen LogP contribution in [0.4, 0.5) is 0 Å². The second-order valence-electron chi connectivity index (χ2n) is 6.48. The van der Waals surface area contributed by atoms with Crippen LogP contribution in [-0.2, 0) is 9.63 Å². The second kappa shape index (κ2) is 11.6. The predicted molar refractivity (Wildman–Crippen MR) is 114 cm³/mol. The first-order valence-electron chi connectivity index (χ1n) is 9.55. The lowest BCUT2D eigenvalue weighted by Crippen LogP contribution is -2.37. The average molecular weight is 425 g/mol. The zero-order chi connectivity index (χ0) is 21.2. The van der Waals surface area contributed by atoms with Gasteiger partial charge in [0, 0.05) is 11.8 Å². The van der Waals surface area contributed by atoms with Crippen LogP contribution in [0.25, 0.3) is 0 Å². The van der Waals surface area contributed by atoms with Crippen LogP contribution in [0.15, 0.2) is 31.5 Å². The van der Waals surface area contributed by atoms with E-state index in [0.717, 1.165) is 12.8 Å². The summed E-state index contributed by atoms with van der Waals surface area (Å²) in [5, 5.41) is 7.64. The molecule has 0 aliphatic carbocycles. The number of carbonyl (C=O) groups is 1. The molecule has 0 radical (unpaired) electrons. The van der Waals surface area contributed by atoms with E-state index in [-0.39, 0.29) is 5.91 Å². The molecule has 1 aromatic heterocycles. The van der Waals surface area contributed by atoms with Crippen molar-refractivity contribution in [3.8, 4) is 5.75 Å². The van der Waals surface area contributed by atoms with Crippen molar-refractivity contribution in [2.45, 2.75) is 45.2 Å². The van der Waals surface area contributed by atoms with Crippen LogP contribution in [0.5, 0.6) is 5.75 Å². The minimum atomic E-state index is -0.541. The van der Waals surface area contributed by atoms with Gasteiger partial charge in [-0.25, -0.2) is 4.79 Å². The Labute approximate surface area is 174 Å². The van der Waals surface area contributed by atoms with Gasteiger partial charge in [0.2, 0.25) is 5.91 Å². The van der Waals surface area contributed by atoms with Crippen LogP contribution in [-0.4, -0.2) is 48.7 Å².